The first-order chi connectivity index (χ1) is 6.39. The molecule has 1 nitrogen and oxygen atoms in total. The third kappa shape index (κ3) is 2.99. The number of nitrogens with zero attached hydrogens (tertiary/aromatic N) is 1. The number of aromatic nitrogens is 1. The molecule has 0 N–H and O–H groups in total. The van der Waals surface area contributed by atoms with Crippen LogP contribution in [0.3, 0.4) is 0 Å². The molecule has 1 heterocycles. The summed E-state index contributed by atoms with van der Waals surface area (Å²) in [5.74, 6) is 0. The second kappa shape index (κ2) is 3.95. The van der Waals surface area contributed by atoms with Crippen LogP contribution in [0.25, 0.3) is 0 Å². The topological polar surface area (TPSA) is 12.9 Å². The Morgan fingerprint density at radius 3 is 2.36 bits per heavy atom. The van der Waals surface area contributed by atoms with Gasteiger partial charge in [-0.05, 0) is 24.0 Å². The van der Waals surface area contributed by atoms with E-state index in [0.29, 0.717) is 0 Å². The minimum absolute atomic E-state index is 0.189. The van der Waals surface area contributed by atoms with Crippen molar-refractivity contribution in [3.05, 3.63) is 41.7 Å². The summed E-state index contributed by atoms with van der Waals surface area (Å²) in [5.41, 5.74) is 3.73. The van der Waals surface area contributed by atoms with Gasteiger partial charge in [-0.25, -0.2) is 0 Å². The van der Waals surface area contributed by atoms with Crippen LogP contribution in [-0.4, -0.2) is 4.98 Å². The Kier molecular flexibility index (Phi) is 3.10. The molecule has 0 spiro atoms. The summed E-state index contributed by atoms with van der Waals surface area (Å²) in [4.78, 5) is 4.42. The summed E-state index contributed by atoms with van der Waals surface area (Å²) < 4.78 is 0. The first-order valence-electron chi connectivity index (χ1n) is 4.99. The van der Waals surface area contributed by atoms with Crippen molar-refractivity contribution < 1.29 is 0 Å². The summed E-state index contributed by atoms with van der Waals surface area (Å²) in [6, 6.07) is 4.25. The highest BCUT2D eigenvalue weighted by Gasteiger charge is 2.13. The van der Waals surface area contributed by atoms with Crippen LogP contribution < -0.4 is 0 Å². The predicted molar refractivity (Wildman–Crippen MR) is 61.5 cm³/mol. The van der Waals surface area contributed by atoms with Crippen LogP contribution in [0, 0.1) is 0 Å². The lowest BCUT2D eigenvalue weighted by molar-refractivity contribution is 0.587. The molecule has 1 aromatic heterocycles. The zero-order valence-electron chi connectivity index (χ0n) is 9.59. The van der Waals surface area contributed by atoms with Crippen LogP contribution in [0.2, 0.25) is 0 Å². The molecule has 0 aliphatic heterocycles. The molecule has 0 saturated carbocycles. The third-order valence-corrected chi connectivity index (χ3v) is 2.17. The summed E-state index contributed by atoms with van der Waals surface area (Å²) in [7, 11) is 0. The van der Waals surface area contributed by atoms with Crippen molar-refractivity contribution in [2.45, 2.75) is 39.5 Å². The predicted octanol–water partition coefficient (Wildman–Crippen LogP) is 3.50. The molecule has 0 radical (unpaired) electrons. The standard InChI is InChI=1S/C13H19N/c1-10(2)8-12-7-6-11(9-14-12)13(3,4)5/h6-7,9H,1,8H2,2-5H3. The van der Waals surface area contributed by atoms with Crippen molar-refractivity contribution in [3.8, 4) is 0 Å². The first-order valence-corrected chi connectivity index (χ1v) is 4.99. The summed E-state index contributed by atoms with van der Waals surface area (Å²) in [6.07, 6.45) is 2.85. The SMILES string of the molecule is C=C(C)Cc1ccc(C(C)(C)C)cn1. The molecule has 0 aliphatic carbocycles. The Hall–Kier alpha value is -1.11. The molecule has 1 rings (SSSR count). The molecule has 0 amide bonds. The first kappa shape index (κ1) is 11.0. The van der Waals surface area contributed by atoms with E-state index >= 15 is 0 Å². The van der Waals surface area contributed by atoms with E-state index < -0.39 is 0 Å². The van der Waals surface area contributed by atoms with Crippen molar-refractivity contribution >= 4 is 0 Å². The molecular weight excluding hydrogens is 170 g/mol. The van der Waals surface area contributed by atoms with Crippen molar-refractivity contribution in [2.75, 3.05) is 0 Å². The molecule has 76 valence electrons. The van der Waals surface area contributed by atoms with Crippen molar-refractivity contribution in [2.24, 2.45) is 0 Å². The summed E-state index contributed by atoms with van der Waals surface area (Å²) in [6.45, 7) is 12.5. The van der Waals surface area contributed by atoms with E-state index in [4.69, 9.17) is 0 Å². The molecule has 0 aromatic carbocycles. The Bertz CT molecular complexity index is 314. The van der Waals surface area contributed by atoms with Gasteiger partial charge in [0.15, 0.2) is 0 Å². The van der Waals surface area contributed by atoms with E-state index in [1.54, 1.807) is 0 Å². The molecule has 0 fully saturated rings. The maximum absolute atomic E-state index is 4.42. The normalized spacial score (nSPS) is 11.4. The van der Waals surface area contributed by atoms with E-state index in [2.05, 4.69) is 44.5 Å². The highest BCUT2D eigenvalue weighted by molar-refractivity contribution is 5.22. The van der Waals surface area contributed by atoms with E-state index in [1.165, 1.54) is 5.56 Å². The molecule has 0 unspecified atom stereocenters. The van der Waals surface area contributed by atoms with Gasteiger partial charge in [-0.1, -0.05) is 39.0 Å². The van der Waals surface area contributed by atoms with Crippen molar-refractivity contribution in [1.29, 1.82) is 0 Å². The number of allylic oxidation sites excluding steroid dienone is 1. The molecule has 1 heteroatoms. The maximum atomic E-state index is 4.42. The quantitative estimate of drug-likeness (QED) is 0.649. The van der Waals surface area contributed by atoms with Gasteiger partial charge in [0, 0.05) is 18.3 Å². The lowest BCUT2D eigenvalue weighted by atomic mass is 9.88. The van der Waals surface area contributed by atoms with E-state index in [-0.39, 0.29) is 5.41 Å². The van der Waals surface area contributed by atoms with Crippen LogP contribution in [0.5, 0.6) is 0 Å². The Balaban J connectivity index is 2.84. The van der Waals surface area contributed by atoms with Crippen LogP contribution in [-0.2, 0) is 11.8 Å². The average molecular weight is 189 g/mol. The monoisotopic (exact) mass is 189 g/mol. The average Bonchev–Trinajstić information content (AvgIpc) is 2.02. The Morgan fingerprint density at radius 2 is 2.00 bits per heavy atom. The summed E-state index contributed by atoms with van der Waals surface area (Å²) in [5, 5.41) is 0. The smallest absolute Gasteiger partial charge is 0.0444 e. The largest absolute Gasteiger partial charge is 0.261 e. The van der Waals surface area contributed by atoms with Crippen molar-refractivity contribution in [1.82, 2.24) is 4.98 Å². The molecule has 0 atom stereocenters. The molecule has 14 heavy (non-hydrogen) atoms. The lowest BCUT2D eigenvalue weighted by Crippen LogP contribution is -2.11. The second-order valence-corrected chi connectivity index (χ2v) is 4.92. The fourth-order valence-corrected chi connectivity index (χ4v) is 1.28. The lowest BCUT2D eigenvalue weighted by Gasteiger charge is -2.18. The number of pyridine rings is 1. The van der Waals surface area contributed by atoms with Gasteiger partial charge in [0.1, 0.15) is 0 Å². The second-order valence-electron chi connectivity index (χ2n) is 4.92. The zero-order valence-corrected chi connectivity index (χ0v) is 9.59. The van der Waals surface area contributed by atoms with E-state index in [9.17, 15) is 0 Å². The van der Waals surface area contributed by atoms with Crippen LogP contribution in [0.15, 0.2) is 30.5 Å². The highest BCUT2D eigenvalue weighted by atomic mass is 14.7. The maximum Gasteiger partial charge on any atom is 0.0444 e. The zero-order chi connectivity index (χ0) is 10.8. The molecule has 1 aromatic rings. The van der Waals surface area contributed by atoms with Gasteiger partial charge >= 0.3 is 0 Å². The minimum atomic E-state index is 0.189. The van der Waals surface area contributed by atoms with Gasteiger partial charge in [-0.2, -0.15) is 0 Å². The number of rotatable bonds is 2. The fourth-order valence-electron chi connectivity index (χ4n) is 1.28. The fraction of sp³-hybridized carbons (Fsp3) is 0.462. The molecular formula is C13H19N. The van der Waals surface area contributed by atoms with Gasteiger partial charge in [0.05, 0.1) is 0 Å². The number of hydrogen-bond donors (Lipinski definition) is 0. The Labute approximate surface area is 86.9 Å². The number of hydrogen-bond acceptors (Lipinski definition) is 1. The molecule has 0 aliphatic rings. The van der Waals surface area contributed by atoms with Crippen LogP contribution in [0.1, 0.15) is 39.0 Å². The van der Waals surface area contributed by atoms with E-state index in [0.717, 1.165) is 17.7 Å². The summed E-state index contributed by atoms with van der Waals surface area (Å²) >= 11 is 0. The highest BCUT2D eigenvalue weighted by Crippen LogP contribution is 2.21. The van der Waals surface area contributed by atoms with Gasteiger partial charge < -0.3 is 0 Å². The van der Waals surface area contributed by atoms with Gasteiger partial charge in [0.2, 0.25) is 0 Å². The van der Waals surface area contributed by atoms with Crippen LogP contribution >= 0.6 is 0 Å². The van der Waals surface area contributed by atoms with Crippen LogP contribution in [0.4, 0.5) is 0 Å². The van der Waals surface area contributed by atoms with Crippen molar-refractivity contribution in [3.63, 3.8) is 0 Å². The minimum Gasteiger partial charge on any atom is -0.261 e. The Morgan fingerprint density at radius 1 is 1.36 bits per heavy atom. The van der Waals surface area contributed by atoms with Gasteiger partial charge in [-0.3, -0.25) is 4.98 Å². The van der Waals surface area contributed by atoms with Gasteiger partial charge in [-0.15, -0.1) is 0 Å². The van der Waals surface area contributed by atoms with Gasteiger partial charge in [0.25, 0.3) is 0 Å². The van der Waals surface area contributed by atoms with E-state index in [1.807, 2.05) is 13.1 Å². The molecule has 0 bridgehead atoms. The third-order valence-electron chi connectivity index (χ3n) is 2.17. The molecule has 0 saturated heterocycles.